The third-order valence-corrected chi connectivity index (χ3v) is 5.97. The van der Waals surface area contributed by atoms with E-state index < -0.39 is 7.12 Å². The maximum Gasteiger partial charge on any atom is 0.490 e. The summed E-state index contributed by atoms with van der Waals surface area (Å²) < 4.78 is 6.66. The van der Waals surface area contributed by atoms with Crippen molar-refractivity contribution in [3.8, 4) is 0 Å². The lowest BCUT2D eigenvalue weighted by atomic mass is 9.81. The van der Waals surface area contributed by atoms with Gasteiger partial charge in [0.2, 0.25) is 0 Å². The van der Waals surface area contributed by atoms with E-state index in [0.717, 1.165) is 32.0 Å². The predicted molar refractivity (Wildman–Crippen MR) is 117 cm³/mol. The molecule has 2 aromatic heterocycles. The summed E-state index contributed by atoms with van der Waals surface area (Å²) in [5.41, 5.74) is 1.23. The van der Waals surface area contributed by atoms with E-state index in [1.165, 1.54) is 16.8 Å². The molecule has 9 nitrogen and oxygen atoms in total. The minimum atomic E-state index is -1.65. The normalized spacial score (nSPS) is 22.6. The minimum absolute atomic E-state index is 0.230. The van der Waals surface area contributed by atoms with Crippen LogP contribution in [0, 0.1) is 0 Å². The van der Waals surface area contributed by atoms with Crippen molar-refractivity contribution in [1.29, 1.82) is 0 Å². The van der Waals surface area contributed by atoms with Crippen LogP contribution < -0.4 is 21.2 Å². The summed E-state index contributed by atoms with van der Waals surface area (Å²) in [6.45, 7) is 8.03. The standard InChI is InChI=1S/C20H28BN5O4/c1-13-9-26(17-11-30-12-17)14(2)8-25(13)16-4-5-19(22-7-16)23-18-6-15(21(28)29)10-24(3)20(18)27/h4-7,10,13-14,17,28-29H,8-9,11-12H2,1-3H3,(H,22,23)/t13-,14+/m0/s1. The molecule has 0 aromatic carbocycles. The molecule has 3 N–H and O–H groups in total. The van der Waals surface area contributed by atoms with Gasteiger partial charge in [0.05, 0.1) is 31.1 Å². The number of ether oxygens (including phenoxy) is 1. The van der Waals surface area contributed by atoms with Crippen molar-refractivity contribution < 1.29 is 14.8 Å². The molecule has 2 saturated heterocycles. The molecule has 0 amide bonds. The maximum absolute atomic E-state index is 12.3. The van der Waals surface area contributed by atoms with Crippen LogP contribution in [0.4, 0.5) is 17.2 Å². The zero-order valence-corrected chi connectivity index (χ0v) is 17.5. The molecule has 2 aromatic rings. The van der Waals surface area contributed by atoms with Gasteiger partial charge in [-0.1, -0.05) is 0 Å². The molecule has 0 aliphatic carbocycles. The fourth-order valence-corrected chi connectivity index (χ4v) is 4.17. The number of aromatic nitrogens is 2. The van der Waals surface area contributed by atoms with Crippen LogP contribution in [0.25, 0.3) is 0 Å². The lowest BCUT2D eigenvalue weighted by Gasteiger charge is -2.50. The summed E-state index contributed by atoms with van der Waals surface area (Å²) >= 11 is 0. The molecule has 2 aliphatic rings. The molecule has 0 bridgehead atoms. The van der Waals surface area contributed by atoms with Gasteiger partial charge >= 0.3 is 7.12 Å². The lowest BCUT2D eigenvalue weighted by molar-refractivity contribution is -0.0828. The molecule has 2 fully saturated rings. The van der Waals surface area contributed by atoms with Crippen LogP contribution in [-0.2, 0) is 11.8 Å². The van der Waals surface area contributed by atoms with Crippen LogP contribution in [-0.4, -0.2) is 76.0 Å². The smallest absolute Gasteiger partial charge is 0.423 e. The van der Waals surface area contributed by atoms with Crippen LogP contribution >= 0.6 is 0 Å². The number of nitrogens with zero attached hydrogens (tertiary/aromatic N) is 4. The molecule has 4 heterocycles. The summed E-state index contributed by atoms with van der Waals surface area (Å²) in [6, 6.07) is 6.58. The molecule has 0 radical (unpaired) electrons. The molecule has 0 spiro atoms. The van der Waals surface area contributed by atoms with Crippen LogP contribution in [0.15, 0.2) is 35.4 Å². The fourth-order valence-electron chi connectivity index (χ4n) is 4.17. The van der Waals surface area contributed by atoms with E-state index >= 15 is 0 Å². The van der Waals surface area contributed by atoms with E-state index in [0.29, 0.717) is 23.9 Å². The Morgan fingerprint density at radius 2 is 1.97 bits per heavy atom. The van der Waals surface area contributed by atoms with Crippen molar-refractivity contribution in [2.24, 2.45) is 7.05 Å². The van der Waals surface area contributed by atoms with Gasteiger partial charge in [0.1, 0.15) is 11.5 Å². The van der Waals surface area contributed by atoms with Gasteiger partial charge in [-0.3, -0.25) is 9.69 Å². The van der Waals surface area contributed by atoms with Gasteiger partial charge in [0.25, 0.3) is 5.56 Å². The average molecular weight is 413 g/mol. The van der Waals surface area contributed by atoms with Crippen LogP contribution in [0.2, 0.25) is 0 Å². The zero-order valence-electron chi connectivity index (χ0n) is 17.5. The second kappa shape index (κ2) is 8.39. The van der Waals surface area contributed by atoms with Gasteiger partial charge in [0, 0.05) is 43.9 Å². The van der Waals surface area contributed by atoms with E-state index in [1.54, 1.807) is 7.05 Å². The fraction of sp³-hybridized carbons (Fsp3) is 0.500. The maximum atomic E-state index is 12.3. The quantitative estimate of drug-likeness (QED) is 0.564. The first-order chi connectivity index (χ1) is 14.3. The number of piperazine rings is 1. The molecule has 30 heavy (non-hydrogen) atoms. The monoisotopic (exact) mass is 413 g/mol. The Morgan fingerprint density at radius 3 is 2.57 bits per heavy atom. The van der Waals surface area contributed by atoms with Crippen molar-refractivity contribution in [3.63, 3.8) is 0 Å². The summed E-state index contributed by atoms with van der Waals surface area (Å²) in [6.07, 6.45) is 3.20. The minimum Gasteiger partial charge on any atom is -0.423 e. The number of nitrogens with one attached hydrogen (secondary N) is 1. The van der Waals surface area contributed by atoms with Gasteiger partial charge in [-0.05, 0) is 32.0 Å². The third kappa shape index (κ3) is 4.08. The predicted octanol–water partition coefficient (Wildman–Crippen LogP) is -0.498. The molecule has 0 unspecified atom stereocenters. The highest BCUT2D eigenvalue weighted by atomic mass is 16.5. The molecule has 160 valence electrons. The van der Waals surface area contributed by atoms with Gasteiger partial charge in [-0.2, -0.15) is 0 Å². The van der Waals surface area contributed by atoms with Gasteiger partial charge in [0.15, 0.2) is 0 Å². The Labute approximate surface area is 176 Å². The summed E-state index contributed by atoms with van der Waals surface area (Å²) in [5, 5.41) is 21.8. The summed E-state index contributed by atoms with van der Waals surface area (Å²) in [4.78, 5) is 21.7. The SMILES string of the molecule is C[C@@H]1CN(c2ccc(Nc3cc(B(O)O)cn(C)c3=O)nc2)[C@@H](C)CN1C1COC1. The van der Waals surface area contributed by atoms with Gasteiger partial charge < -0.3 is 29.6 Å². The first-order valence-electron chi connectivity index (χ1n) is 10.2. The van der Waals surface area contributed by atoms with Crippen molar-refractivity contribution in [3.05, 3.63) is 40.9 Å². The van der Waals surface area contributed by atoms with Crippen LogP contribution in [0.1, 0.15) is 13.8 Å². The number of aryl methyl sites for hydroxylation is 1. The Morgan fingerprint density at radius 1 is 1.20 bits per heavy atom. The molecule has 10 heteroatoms. The van der Waals surface area contributed by atoms with Crippen molar-refractivity contribution in [1.82, 2.24) is 14.5 Å². The lowest BCUT2D eigenvalue weighted by Crippen LogP contribution is -2.63. The summed E-state index contributed by atoms with van der Waals surface area (Å²) in [7, 11) is -0.0882. The van der Waals surface area contributed by atoms with Crippen molar-refractivity contribution in [2.75, 3.05) is 36.5 Å². The van der Waals surface area contributed by atoms with Gasteiger partial charge in [-0.25, -0.2) is 4.98 Å². The Balaban J connectivity index is 1.48. The topological polar surface area (TPSA) is 103 Å². The first kappa shape index (κ1) is 20.9. The highest BCUT2D eigenvalue weighted by Crippen LogP contribution is 2.26. The van der Waals surface area contributed by atoms with Gasteiger partial charge in [-0.15, -0.1) is 0 Å². The zero-order chi connectivity index (χ0) is 21.4. The number of pyridine rings is 2. The molecular weight excluding hydrogens is 385 g/mol. The molecular formula is C20H28BN5O4. The average Bonchev–Trinajstić information content (AvgIpc) is 2.67. The van der Waals surface area contributed by atoms with E-state index in [1.807, 2.05) is 18.3 Å². The highest BCUT2D eigenvalue weighted by Gasteiger charge is 2.36. The number of hydrogen-bond acceptors (Lipinski definition) is 8. The van der Waals surface area contributed by atoms with E-state index in [2.05, 4.69) is 33.9 Å². The number of anilines is 3. The van der Waals surface area contributed by atoms with Crippen LogP contribution in [0.3, 0.4) is 0 Å². The molecule has 4 rings (SSSR count). The Bertz CT molecular complexity index is 947. The van der Waals surface area contributed by atoms with E-state index in [-0.39, 0.29) is 16.7 Å². The number of hydrogen-bond donors (Lipinski definition) is 3. The van der Waals surface area contributed by atoms with Crippen molar-refractivity contribution in [2.45, 2.75) is 32.0 Å². The van der Waals surface area contributed by atoms with E-state index in [9.17, 15) is 14.8 Å². The highest BCUT2D eigenvalue weighted by molar-refractivity contribution is 6.58. The second-order valence-electron chi connectivity index (χ2n) is 8.24. The third-order valence-electron chi connectivity index (χ3n) is 5.97. The van der Waals surface area contributed by atoms with E-state index in [4.69, 9.17) is 4.74 Å². The Hall–Kier alpha value is -2.40. The van der Waals surface area contributed by atoms with Crippen LogP contribution in [0.5, 0.6) is 0 Å². The first-order valence-corrected chi connectivity index (χ1v) is 10.2. The van der Waals surface area contributed by atoms with Crippen molar-refractivity contribution >= 4 is 29.8 Å². The summed E-state index contributed by atoms with van der Waals surface area (Å²) in [5.74, 6) is 0.520. The Kier molecular flexibility index (Phi) is 5.83. The molecule has 2 aliphatic heterocycles. The number of rotatable bonds is 5. The molecule has 0 saturated carbocycles. The largest absolute Gasteiger partial charge is 0.490 e. The molecule has 2 atom stereocenters. The second-order valence-corrected chi connectivity index (χ2v) is 8.24.